The van der Waals surface area contributed by atoms with E-state index in [0.717, 1.165) is 17.5 Å². The van der Waals surface area contributed by atoms with Gasteiger partial charge in [0.1, 0.15) is 6.61 Å². The lowest BCUT2D eigenvalue weighted by Gasteiger charge is -2.15. The van der Waals surface area contributed by atoms with Crippen molar-refractivity contribution in [2.45, 2.75) is 19.3 Å². The maximum atomic E-state index is 12.6. The lowest BCUT2D eigenvalue weighted by molar-refractivity contribution is -0.122. The number of rotatable bonds is 10. The zero-order chi connectivity index (χ0) is 23.9. The van der Waals surface area contributed by atoms with Gasteiger partial charge >= 0.3 is 0 Å². The van der Waals surface area contributed by atoms with Crippen LogP contribution in [0.1, 0.15) is 24.8 Å². The van der Waals surface area contributed by atoms with Gasteiger partial charge in [0.2, 0.25) is 11.8 Å². The quantitative estimate of drug-likeness (QED) is 0.361. The first-order valence-electron chi connectivity index (χ1n) is 11.0. The SMILES string of the molecule is CCC(C(=O)NCCOc1ccc2nnc(-c3ccc(OC)c(OC)c3)n2n1)c1ccccc1. The van der Waals surface area contributed by atoms with E-state index in [-0.39, 0.29) is 18.4 Å². The van der Waals surface area contributed by atoms with Gasteiger partial charge in [-0.3, -0.25) is 4.79 Å². The minimum absolute atomic E-state index is 0.0183. The van der Waals surface area contributed by atoms with E-state index in [1.807, 2.05) is 49.4 Å². The summed E-state index contributed by atoms with van der Waals surface area (Å²) >= 11 is 0. The molecule has 9 nitrogen and oxygen atoms in total. The first kappa shape index (κ1) is 23.0. The number of hydrogen-bond acceptors (Lipinski definition) is 7. The molecule has 0 fully saturated rings. The van der Waals surface area contributed by atoms with Crippen LogP contribution >= 0.6 is 0 Å². The van der Waals surface area contributed by atoms with Gasteiger partial charge in [-0.2, -0.15) is 4.52 Å². The van der Waals surface area contributed by atoms with E-state index in [0.29, 0.717) is 35.4 Å². The predicted molar refractivity (Wildman–Crippen MR) is 127 cm³/mol. The van der Waals surface area contributed by atoms with Crippen LogP contribution in [0.15, 0.2) is 60.7 Å². The van der Waals surface area contributed by atoms with Crippen molar-refractivity contribution in [3.8, 4) is 28.8 Å². The second kappa shape index (κ2) is 10.7. The summed E-state index contributed by atoms with van der Waals surface area (Å²) in [6, 6.07) is 18.8. The number of nitrogens with zero attached hydrogens (tertiary/aromatic N) is 4. The molecule has 0 aliphatic heterocycles. The first-order valence-corrected chi connectivity index (χ1v) is 11.0. The number of methoxy groups -OCH3 is 2. The van der Waals surface area contributed by atoms with E-state index in [1.54, 1.807) is 36.9 Å². The van der Waals surface area contributed by atoms with Gasteiger partial charge in [0.15, 0.2) is 23.0 Å². The molecule has 4 aromatic rings. The van der Waals surface area contributed by atoms with Crippen molar-refractivity contribution < 1.29 is 19.0 Å². The molecular weight excluding hydrogens is 434 g/mol. The summed E-state index contributed by atoms with van der Waals surface area (Å²) in [4.78, 5) is 12.6. The third kappa shape index (κ3) is 4.93. The highest BCUT2D eigenvalue weighted by molar-refractivity contribution is 5.83. The minimum atomic E-state index is -0.184. The van der Waals surface area contributed by atoms with Crippen molar-refractivity contribution >= 4 is 11.6 Å². The fourth-order valence-corrected chi connectivity index (χ4v) is 3.72. The lowest BCUT2D eigenvalue weighted by Crippen LogP contribution is -2.32. The minimum Gasteiger partial charge on any atom is -0.493 e. The predicted octanol–water partition coefficient (Wildman–Crippen LogP) is 3.50. The highest BCUT2D eigenvalue weighted by Crippen LogP contribution is 2.31. The van der Waals surface area contributed by atoms with Crippen LogP contribution in [0.5, 0.6) is 17.4 Å². The Balaban J connectivity index is 1.41. The number of carbonyl (C=O) groups excluding carboxylic acids is 1. The Morgan fingerprint density at radius 2 is 1.79 bits per heavy atom. The Kier molecular flexibility index (Phi) is 7.22. The highest BCUT2D eigenvalue weighted by Gasteiger charge is 2.18. The number of benzene rings is 2. The van der Waals surface area contributed by atoms with E-state index in [1.165, 1.54) is 0 Å². The highest BCUT2D eigenvalue weighted by atomic mass is 16.5. The molecule has 0 saturated heterocycles. The van der Waals surface area contributed by atoms with Gasteiger partial charge in [0.25, 0.3) is 0 Å². The Bertz CT molecular complexity index is 1260. The Morgan fingerprint density at radius 1 is 1.00 bits per heavy atom. The molecule has 4 rings (SSSR count). The van der Waals surface area contributed by atoms with Crippen molar-refractivity contribution in [3.63, 3.8) is 0 Å². The van der Waals surface area contributed by atoms with Crippen LogP contribution in [-0.2, 0) is 4.79 Å². The van der Waals surface area contributed by atoms with Gasteiger partial charge in [-0.1, -0.05) is 37.3 Å². The number of amides is 1. The van der Waals surface area contributed by atoms with Crippen LogP contribution < -0.4 is 19.5 Å². The number of carbonyl (C=O) groups is 1. The van der Waals surface area contributed by atoms with Gasteiger partial charge in [-0.15, -0.1) is 15.3 Å². The van der Waals surface area contributed by atoms with Crippen LogP contribution in [0.4, 0.5) is 0 Å². The summed E-state index contributed by atoms with van der Waals surface area (Å²) in [7, 11) is 3.16. The molecule has 0 bridgehead atoms. The number of nitrogens with one attached hydrogen (secondary N) is 1. The summed E-state index contributed by atoms with van der Waals surface area (Å²) in [6.45, 7) is 2.65. The largest absolute Gasteiger partial charge is 0.493 e. The molecule has 2 aromatic heterocycles. The van der Waals surface area contributed by atoms with Gasteiger partial charge in [0.05, 0.1) is 26.7 Å². The molecule has 34 heavy (non-hydrogen) atoms. The number of hydrogen-bond donors (Lipinski definition) is 1. The first-order chi connectivity index (χ1) is 16.6. The van der Waals surface area contributed by atoms with Crippen LogP contribution in [-0.4, -0.2) is 53.1 Å². The third-order valence-corrected chi connectivity index (χ3v) is 5.46. The van der Waals surface area contributed by atoms with Gasteiger partial charge in [0, 0.05) is 11.6 Å². The molecule has 2 aromatic carbocycles. The molecule has 1 N–H and O–H groups in total. The number of ether oxygens (including phenoxy) is 3. The molecule has 1 amide bonds. The van der Waals surface area contributed by atoms with E-state index in [9.17, 15) is 4.79 Å². The third-order valence-electron chi connectivity index (χ3n) is 5.46. The average Bonchev–Trinajstić information content (AvgIpc) is 3.30. The molecule has 0 radical (unpaired) electrons. The van der Waals surface area contributed by atoms with Crippen LogP contribution in [0.25, 0.3) is 17.0 Å². The van der Waals surface area contributed by atoms with Crippen molar-refractivity contribution in [1.82, 2.24) is 25.1 Å². The zero-order valence-electron chi connectivity index (χ0n) is 19.4. The van der Waals surface area contributed by atoms with E-state index in [2.05, 4.69) is 20.6 Å². The number of fused-ring (bicyclic) bond motifs is 1. The maximum absolute atomic E-state index is 12.6. The fraction of sp³-hybridized carbons (Fsp3) is 0.280. The summed E-state index contributed by atoms with van der Waals surface area (Å²) in [5.74, 6) is 1.95. The fourth-order valence-electron chi connectivity index (χ4n) is 3.72. The summed E-state index contributed by atoms with van der Waals surface area (Å²) in [5, 5.41) is 15.9. The second-order valence-corrected chi connectivity index (χ2v) is 7.55. The molecule has 0 spiro atoms. The van der Waals surface area contributed by atoms with Gasteiger partial charge in [-0.05, 0) is 36.2 Å². The topological polar surface area (TPSA) is 99.9 Å². The Morgan fingerprint density at radius 3 is 2.53 bits per heavy atom. The van der Waals surface area contributed by atoms with Crippen LogP contribution in [0.3, 0.4) is 0 Å². The van der Waals surface area contributed by atoms with Crippen LogP contribution in [0.2, 0.25) is 0 Å². The molecule has 0 saturated carbocycles. The van der Waals surface area contributed by atoms with Crippen molar-refractivity contribution in [2.75, 3.05) is 27.4 Å². The summed E-state index contributed by atoms with van der Waals surface area (Å²) in [6.07, 6.45) is 0.724. The Labute approximate surface area is 197 Å². The molecule has 176 valence electrons. The lowest BCUT2D eigenvalue weighted by atomic mass is 9.96. The van der Waals surface area contributed by atoms with E-state index in [4.69, 9.17) is 14.2 Å². The van der Waals surface area contributed by atoms with E-state index >= 15 is 0 Å². The number of aromatic nitrogens is 4. The van der Waals surface area contributed by atoms with E-state index < -0.39 is 0 Å². The monoisotopic (exact) mass is 461 g/mol. The second-order valence-electron chi connectivity index (χ2n) is 7.55. The molecule has 1 atom stereocenters. The normalized spacial score (nSPS) is 11.7. The smallest absolute Gasteiger partial charge is 0.231 e. The van der Waals surface area contributed by atoms with Crippen molar-refractivity contribution in [1.29, 1.82) is 0 Å². The average molecular weight is 462 g/mol. The zero-order valence-corrected chi connectivity index (χ0v) is 19.4. The summed E-state index contributed by atoms with van der Waals surface area (Å²) in [5.41, 5.74) is 2.36. The molecule has 1 unspecified atom stereocenters. The van der Waals surface area contributed by atoms with Gasteiger partial charge < -0.3 is 19.5 Å². The Hall–Kier alpha value is -4.14. The van der Waals surface area contributed by atoms with Crippen LogP contribution in [0, 0.1) is 0 Å². The maximum Gasteiger partial charge on any atom is 0.231 e. The molecule has 2 heterocycles. The van der Waals surface area contributed by atoms with Crippen molar-refractivity contribution in [3.05, 3.63) is 66.2 Å². The molecule has 0 aliphatic rings. The summed E-state index contributed by atoms with van der Waals surface area (Å²) < 4.78 is 18.1. The van der Waals surface area contributed by atoms with Crippen molar-refractivity contribution in [2.24, 2.45) is 0 Å². The molecule has 0 aliphatic carbocycles. The molecular formula is C25H27N5O4. The molecule has 9 heteroatoms. The standard InChI is InChI=1S/C25H27N5O4/c1-4-19(17-8-6-5-7-9-17)25(31)26-14-15-34-23-13-12-22-27-28-24(30(22)29-23)18-10-11-20(32-2)21(16-18)33-3/h5-13,16,19H,4,14-15H2,1-3H3,(H,26,31). The van der Waals surface area contributed by atoms with Gasteiger partial charge in [-0.25, -0.2) is 0 Å².